The molecule has 1 N–H and O–H groups in total. The highest BCUT2D eigenvalue weighted by atomic mass is 35.5. The summed E-state index contributed by atoms with van der Waals surface area (Å²) in [4.78, 5) is 26.8. The molecule has 0 saturated heterocycles. The summed E-state index contributed by atoms with van der Waals surface area (Å²) in [6.45, 7) is 3.04. The Morgan fingerprint density at radius 3 is 2.66 bits per heavy atom. The van der Waals surface area contributed by atoms with Crippen LogP contribution in [0.3, 0.4) is 0 Å². The van der Waals surface area contributed by atoms with Crippen LogP contribution < -0.4 is 11.1 Å². The number of carbonyl (C=O) groups is 1. The Kier molecular flexibility index (Phi) is 6.67. The van der Waals surface area contributed by atoms with Crippen molar-refractivity contribution >= 4 is 45.9 Å². The largest absolute Gasteiger partial charge is 0.419 e. The second kappa shape index (κ2) is 9.03. The van der Waals surface area contributed by atoms with E-state index in [-0.39, 0.29) is 11.8 Å². The monoisotopic (exact) mass is 435 g/mol. The second-order valence-corrected chi connectivity index (χ2v) is 8.18. The van der Waals surface area contributed by atoms with Gasteiger partial charge in [0.2, 0.25) is 5.91 Å². The average molecular weight is 436 g/mol. The van der Waals surface area contributed by atoms with Gasteiger partial charge in [0, 0.05) is 34.7 Å². The summed E-state index contributed by atoms with van der Waals surface area (Å²) in [5.41, 5.74) is 2.62. The molecule has 0 aliphatic heterocycles. The van der Waals surface area contributed by atoms with Gasteiger partial charge < -0.3 is 14.6 Å². The number of likely N-dealkylation sites (N-methyl/N-ethyl adjacent to an activating group) is 1. The molecular weight excluding hydrogens is 413 g/mol. The molecule has 1 aromatic heterocycles. The molecule has 3 aromatic rings. The Balaban J connectivity index is 1.75. The Bertz CT molecular complexity index is 1090. The summed E-state index contributed by atoms with van der Waals surface area (Å²) in [5.74, 6) is -0.846. The first-order chi connectivity index (χ1) is 13.7. The Morgan fingerprint density at radius 1 is 1.21 bits per heavy atom. The number of fused-ring (bicyclic) bond motifs is 1. The zero-order valence-corrected chi connectivity index (χ0v) is 18.0. The van der Waals surface area contributed by atoms with Crippen molar-refractivity contribution < 1.29 is 9.21 Å². The van der Waals surface area contributed by atoms with Gasteiger partial charge in [-0.2, -0.15) is 0 Å². The third-order valence-electron chi connectivity index (χ3n) is 4.69. The number of hydrogen-bond donors (Lipinski definition) is 1. The maximum absolute atomic E-state index is 12.7. The van der Waals surface area contributed by atoms with E-state index in [9.17, 15) is 9.59 Å². The number of amides is 1. The lowest BCUT2D eigenvalue weighted by molar-refractivity contribution is -0.119. The quantitative estimate of drug-likeness (QED) is 0.601. The van der Waals surface area contributed by atoms with Crippen LogP contribution in [0.2, 0.25) is 10.0 Å². The van der Waals surface area contributed by atoms with Gasteiger partial charge in [-0.1, -0.05) is 36.2 Å². The third-order valence-corrected chi connectivity index (χ3v) is 5.28. The molecule has 29 heavy (non-hydrogen) atoms. The minimum Gasteiger partial charge on any atom is -0.408 e. The Labute approximate surface area is 179 Å². The predicted octanol–water partition coefficient (Wildman–Crippen LogP) is 4.28. The number of nitrogens with zero attached hydrogens (tertiary/aromatic N) is 2. The van der Waals surface area contributed by atoms with Gasteiger partial charge in [0.15, 0.2) is 5.58 Å². The van der Waals surface area contributed by atoms with Gasteiger partial charge in [-0.15, -0.1) is 0 Å². The molecule has 0 aliphatic carbocycles. The zero-order valence-electron chi connectivity index (χ0n) is 16.5. The van der Waals surface area contributed by atoms with Crippen LogP contribution in [0.15, 0.2) is 45.6 Å². The van der Waals surface area contributed by atoms with E-state index in [1.165, 1.54) is 0 Å². The average Bonchev–Trinajstić information content (AvgIpc) is 2.96. The lowest BCUT2D eigenvalue weighted by Crippen LogP contribution is -2.24. The first kappa shape index (κ1) is 21.4. The van der Waals surface area contributed by atoms with Gasteiger partial charge in [-0.3, -0.25) is 9.36 Å². The molecule has 8 heteroatoms. The fourth-order valence-electron chi connectivity index (χ4n) is 3.03. The smallest absolute Gasteiger partial charge is 0.408 e. The van der Waals surface area contributed by atoms with E-state index in [0.717, 1.165) is 5.56 Å². The van der Waals surface area contributed by atoms with E-state index in [4.69, 9.17) is 27.6 Å². The lowest BCUT2D eigenvalue weighted by Gasteiger charge is -2.14. The molecule has 0 radical (unpaired) electrons. The number of anilines is 1. The number of halogens is 2. The topological polar surface area (TPSA) is 67.5 Å². The summed E-state index contributed by atoms with van der Waals surface area (Å²) >= 11 is 12.1. The Hall–Kier alpha value is -2.28. The van der Waals surface area contributed by atoms with Gasteiger partial charge >= 0.3 is 5.76 Å². The molecule has 1 heterocycles. The van der Waals surface area contributed by atoms with Crippen molar-refractivity contribution in [1.29, 1.82) is 0 Å². The second-order valence-electron chi connectivity index (χ2n) is 7.34. The van der Waals surface area contributed by atoms with Crippen LogP contribution in [0.4, 0.5) is 5.69 Å². The summed E-state index contributed by atoms with van der Waals surface area (Å²) in [6, 6.07) is 10.4. The third kappa shape index (κ3) is 5.21. The molecule has 0 bridgehead atoms. The van der Waals surface area contributed by atoms with Crippen LogP contribution >= 0.6 is 23.2 Å². The molecule has 154 valence electrons. The molecule has 0 spiro atoms. The minimum atomic E-state index is -0.406. The maximum atomic E-state index is 12.7. The fourth-order valence-corrected chi connectivity index (χ4v) is 3.51. The lowest BCUT2D eigenvalue weighted by atomic mass is 10.00. The summed E-state index contributed by atoms with van der Waals surface area (Å²) < 4.78 is 6.86. The molecular formula is C21H23Cl2N3O3. The van der Waals surface area contributed by atoms with Gasteiger partial charge in [-0.05, 0) is 56.4 Å². The normalized spacial score (nSPS) is 12.5. The number of nitrogens with one attached hydrogen (secondary N) is 1. The number of hydrogen-bond acceptors (Lipinski definition) is 4. The van der Waals surface area contributed by atoms with Crippen molar-refractivity contribution in [2.24, 2.45) is 5.92 Å². The van der Waals surface area contributed by atoms with Crippen molar-refractivity contribution in [1.82, 2.24) is 9.47 Å². The SMILES string of the molecule is CC(Cc1ccc(Cl)cc1Cl)C(=O)Nc1ccc2oc(=O)n(CCN(C)C)c2c1. The molecule has 0 aliphatic rings. The molecule has 1 amide bonds. The minimum absolute atomic E-state index is 0.138. The standard InChI is InChI=1S/C21H23Cl2N3O3/c1-13(10-14-4-5-15(22)11-17(14)23)20(27)24-16-6-7-19-18(12-16)26(21(28)29-19)9-8-25(2)3/h4-7,11-13H,8-10H2,1-3H3,(H,24,27). The van der Waals surface area contributed by atoms with Crippen molar-refractivity contribution in [3.05, 3.63) is 62.6 Å². The van der Waals surface area contributed by atoms with Gasteiger partial charge in [0.25, 0.3) is 0 Å². The van der Waals surface area contributed by atoms with Gasteiger partial charge in [-0.25, -0.2) is 4.79 Å². The number of benzene rings is 2. The van der Waals surface area contributed by atoms with Crippen LogP contribution in [-0.2, 0) is 17.8 Å². The number of carbonyl (C=O) groups excluding carboxylic acids is 1. The van der Waals surface area contributed by atoms with E-state index in [2.05, 4.69) is 5.32 Å². The van der Waals surface area contributed by atoms with Crippen LogP contribution in [0.5, 0.6) is 0 Å². The van der Waals surface area contributed by atoms with E-state index in [1.807, 2.05) is 32.0 Å². The van der Waals surface area contributed by atoms with Crippen LogP contribution in [0.1, 0.15) is 12.5 Å². The van der Waals surface area contributed by atoms with Crippen LogP contribution in [0, 0.1) is 5.92 Å². The molecule has 2 aromatic carbocycles. The van der Waals surface area contributed by atoms with Crippen molar-refractivity contribution in [3.8, 4) is 0 Å². The molecule has 1 atom stereocenters. The molecule has 6 nitrogen and oxygen atoms in total. The van der Waals surface area contributed by atoms with Crippen molar-refractivity contribution in [2.75, 3.05) is 26.0 Å². The first-order valence-corrected chi connectivity index (χ1v) is 10.0. The van der Waals surface area contributed by atoms with Crippen molar-refractivity contribution in [3.63, 3.8) is 0 Å². The number of aromatic nitrogens is 1. The Morgan fingerprint density at radius 2 is 1.97 bits per heavy atom. The van der Waals surface area contributed by atoms with Gasteiger partial charge in [0.1, 0.15) is 0 Å². The van der Waals surface area contributed by atoms with E-state index in [0.29, 0.717) is 46.3 Å². The maximum Gasteiger partial charge on any atom is 0.419 e. The molecule has 1 unspecified atom stereocenters. The molecule has 0 saturated carbocycles. The van der Waals surface area contributed by atoms with Crippen LogP contribution in [-0.4, -0.2) is 36.0 Å². The number of oxazole rings is 1. The number of rotatable bonds is 7. The summed E-state index contributed by atoms with van der Waals surface area (Å²) in [6.07, 6.45) is 0.489. The van der Waals surface area contributed by atoms with Crippen LogP contribution in [0.25, 0.3) is 11.1 Å². The van der Waals surface area contributed by atoms with E-state index >= 15 is 0 Å². The zero-order chi connectivity index (χ0) is 21.1. The van der Waals surface area contributed by atoms with Gasteiger partial charge in [0.05, 0.1) is 5.52 Å². The summed E-state index contributed by atoms with van der Waals surface area (Å²) in [7, 11) is 3.88. The molecule has 3 rings (SSSR count). The highest BCUT2D eigenvalue weighted by molar-refractivity contribution is 6.35. The fraction of sp³-hybridized carbons (Fsp3) is 0.333. The molecule has 0 fully saturated rings. The van der Waals surface area contributed by atoms with E-state index < -0.39 is 5.76 Å². The predicted molar refractivity (Wildman–Crippen MR) is 117 cm³/mol. The van der Waals surface area contributed by atoms with Crippen molar-refractivity contribution in [2.45, 2.75) is 19.9 Å². The highest BCUT2D eigenvalue weighted by Gasteiger charge is 2.17. The highest BCUT2D eigenvalue weighted by Crippen LogP contribution is 2.24. The summed E-state index contributed by atoms with van der Waals surface area (Å²) in [5, 5.41) is 4.01. The van der Waals surface area contributed by atoms with E-state index in [1.54, 1.807) is 34.9 Å². The first-order valence-electron chi connectivity index (χ1n) is 9.27.